The number of nitrogens with one attached hydrogen (secondary N) is 1. The van der Waals surface area contributed by atoms with E-state index in [2.05, 4.69) is 5.32 Å². The zero-order valence-electron chi connectivity index (χ0n) is 10.1. The molecule has 0 bridgehead atoms. The van der Waals surface area contributed by atoms with Gasteiger partial charge in [0.1, 0.15) is 0 Å². The molecule has 0 fully saturated rings. The van der Waals surface area contributed by atoms with Crippen LogP contribution in [0.3, 0.4) is 0 Å². The average molecular weight is 242 g/mol. The normalized spacial score (nSPS) is 14.1. The van der Waals surface area contributed by atoms with Gasteiger partial charge >= 0.3 is 0 Å². The Hall–Kier alpha value is -0.910. The van der Waals surface area contributed by atoms with Crippen molar-refractivity contribution in [3.63, 3.8) is 0 Å². The fourth-order valence-corrected chi connectivity index (χ4v) is 2.25. The maximum Gasteiger partial charge on any atom is 0.175 e. The second kappa shape index (κ2) is 4.95. The van der Waals surface area contributed by atoms with E-state index in [1.165, 1.54) is 6.26 Å². The molecule has 1 aromatic carbocycles. The van der Waals surface area contributed by atoms with Crippen LogP contribution in [0.15, 0.2) is 29.2 Å². The third kappa shape index (κ3) is 3.04. The summed E-state index contributed by atoms with van der Waals surface area (Å²) >= 11 is 0. The molecule has 0 amide bonds. The van der Waals surface area contributed by atoms with Crippen LogP contribution in [-0.2, 0) is 9.84 Å². The zero-order chi connectivity index (χ0) is 12.3. The first kappa shape index (κ1) is 13.2. The Balaban J connectivity index is 3.03. The molecule has 0 aliphatic heterocycles. The molecule has 0 spiro atoms. The summed E-state index contributed by atoms with van der Waals surface area (Å²) in [7, 11) is 2.69. The maximum atomic E-state index is 11.3. The van der Waals surface area contributed by atoms with Gasteiger partial charge in [-0.05, 0) is 38.8 Å². The summed E-state index contributed by atoms with van der Waals surface area (Å²) in [6.07, 6.45) is 1.30. The van der Waals surface area contributed by atoms with E-state index in [-0.39, 0.29) is 6.17 Å². The van der Waals surface area contributed by atoms with Crippen molar-refractivity contribution in [2.75, 3.05) is 27.4 Å². The van der Waals surface area contributed by atoms with Crippen molar-refractivity contribution in [2.45, 2.75) is 11.1 Å². The Morgan fingerprint density at radius 2 is 1.69 bits per heavy atom. The third-order valence-corrected chi connectivity index (χ3v) is 3.54. The minimum Gasteiger partial charge on any atom is -0.301 e. The topological polar surface area (TPSA) is 49.4 Å². The zero-order valence-corrected chi connectivity index (χ0v) is 10.9. The first-order valence-corrected chi connectivity index (χ1v) is 6.89. The minimum atomic E-state index is -3.11. The molecule has 0 radical (unpaired) electrons. The second-order valence-corrected chi connectivity index (χ2v) is 6.01. The molecule has 0 heterocycles. The van der Waals surface area contributed by atoms with Crippen molar-refractivity contribution >= 4 is 9.84 Å². The van der Waals surface area contributed by atoms with Crippen molar-refractivity contribution in [1.29, 1.82) is 0 Å². The van der Waals surface area contributed by atoms with Gasteiger partial charge in [0.2, 0.25) is 0 Å². The first-order valence-electron chi connectivity index (χ1n) is 5.00. The van der Waals surface area contributed by atoms with Crippen LogP contribution in [0, 0.1) is 0 Å². The lowest BCUT2D eigenvalue weighted by molar-refractivity contribution is 0.264. The lowest BCUT2D eigenvalue weighted by Crippen LogP contribution is -2.30. The molecule has 90 valence electrons. The van der Waals surface area contributed by atoms with E-state index in [9.17, 15) is 8.42 Å². The summed E-state index contributed by atoms with van der Waals surface area (Å²) in [5.41, 5.74) is 1.04. The molecule has 0 saturated heterocycles. The van der Waals surface area contributed by atoms with E-state index in [1.54, 1.807) is 12.1 Å². The van der Waals surface area contributed by atoms with Crippen LogP contribution >= 0.6 is 0 Å². The Labute approximate surface area is 97.2 Å². The summed E-state index contributed by atoms with van der Waals surface area (Å²) in [4.78, 5) is 2.37. The molecule has 4 nitrogen and oxygen atoms in total. The molecular formula is C11H18N2O2S. The molecule has 1 aromatic rings. The van der Waals surface area contributed by atoms with E-state index in [4.69, 9.17) is 0 Å². The van der Waals surface area contributed by atoms with Crippen molar-refractivity contribution in [2.24, 2.45) is 0 Å². The Bertz CT molecular complexity index is 438. The van der Waals surface area contributed by atoms with Gasteiger partial charge in [-0.1, -0.05) is 12.1 Å². The Morgan fingerprint density at radius 1 is 1.19 bits per heavy atom. The molecule has 5 heteroatoms. The lowest BCUT2D eigenvalue weighted by Gasteiger charge is -2.24. The van der Waals surface area contributed by atoms with Crippen molar-refractivity contribution in [3.8, 4) is 0 Å². The largest absolute Gasteiger partial charge is 0.301 e. The quantitative estimate of drug-likeness (QED) is 0.796. The van der Waals surface area contributed by atoms with Gasteiger partial charge < -0.3 is 5.32 Å². The molecule has 0 aliphatic rings. The summed E-state index contributed by atoms with van der Waals surface area (Å²) in [5, 5.41) is 3.15. The number of hydrogen-bond acceptors (Lipinski definition) is 4. The van der Waals surface area contributed by atoms with Gasteiger partial charge in [0.05, 0.1) is 11.1 Å². The molecule has 1 N–H and O–H groups in total. The molecule has 0 aliphatic carbocycles. The van der Waals surface area contributed by atoms with Gasteiger partial charge in [-0.25, -0.2) is 8.42 Å². The van der Waals surface area contributed by atoms with Crippen molar-refractivity contribution in [1.82, 2.24) is 10.2 Å². The van der Waals surface area contributed by atoms with Gasteiger partial charge in [0, 0.05) is 6.26 Å². The minimum absolute atomic E-state index is 0.0913. The smallest absolute Gasteiger partial charge is 0.175 e. The van der Waals surface area contributed by atoms with Crippen LogP contribution in [0.1, 0.15) is 11.7 Å². The molecule has 16 heavy (non-hydrogen) atoms. The van der Waals surface area contributed by atoms with Gasteiger partial charge in [-0.3, -0.25) is 4.90 Å². The van der Waals surface area contributed by atoms with Gasteiger partial charge in [-0.2, -0.15) is 0 Å². The molecule has 0 saturated carbocycles. The van der Waals surface area contributed by atoms with Crippen LogP contribution in [0.2, 0.25) is 0 Å². The van der Waals surface area contributed by atoms with Crippen LogP contribution in [0.4, 0.5) is 0 Å². The lowest BCUT2D eigenvalue weighted by atomic mass is 10.1. The van der Waals surface area contributed by atoms with Crippen molar-refractivity contribution in [3.05, 3.63) is 29.8 Å². The summed E-state index contributed by atoms with van der Waals surface area (Å²) in [6.45, 7) is 0. The van der Waals surface area contributed by atoms with E-state index >= 15 is 0 Å². The second-order valence-electron chi connectivity index (χ2n) is 4.00. The molecule has 0 aromatic heterocycles. The molecule has 1 rings (SSSR count). The van der Waals surface area contributed by atoms with E-state index in [1.807, 2.05) is 38.2 Å². The number of benzene rings is 1. The Morgan fingerprint density at radius 3 is 2.00 bits per heavy atom. The predicted octanol–water partition coefficient (Wildman–Crippen LogP) is 0.870. The van der Waals surface area contributed by atoms with E-state index < -0.39 is 9.84 Å². The SMILES string of the molecule is CNC(c1ccc(S(C)(=O)=O)cc1)N(C)C. The summed E-state index contributed by atoms with van der Waals surface area (Å²) < 4.78 is 22.6. The van der Waals surface area contributed by atoms with E-state index in [0.29, 0.717) is 4.90 Å². The number of nitrogens with zero attached hydrogens (tertiary/aromatic N) is 1. The Kier molecular flexibility index (Phi) is 4.07. The highest BCUT2D eigenvalue weighted by Gasteiger charge is 2.12. The highest BCUT2D eigenvalue weighted by Crippen LogP contribution is 2.17. The third-order valence-electron chi connectivity index (χ3n) is 2.41. The highest BCUT2D eigenvalue weighted by atomic mass is 32.2. The monoisotopic (exact) mass is 242 g/mol. The fourth-order valence-electron chi connectivity index (χ4n) is 1.62. The number of rotatable bonds is 4. The molecule has 1 unspecified atom stereocenters. The molecule has 1 atom stereocenters. The average Bonchev–Trinajstić information content (AvgIpc) is 2.17. The number of hydrogen-bond donors (Lipinski definition) is 1. The van der Waals surface area contributed by atoms with Crippen LogP contribution < -0.4 is 5.32 Å². The van der Waals surface area contributed by atoms with Crippen LogP contribution in [0.25, 0.3) is 0 Å². The van der Waals surface area contributed by atoms with Crippen LogP contribution in [-0.4, -0.2) is 40.7 Å². The fraction of sp³-hybridized carbons (Fsp3) is 0.455. The standard InChI is InChI=1S/C11H18N2O2S/c1-12-11(13(2)3)9-5-7-10(8-6-9)16(4,14)15/h5-8,11-12H,1-4H3. The van der Waals surface area contributed by atoms with E-state index in [0.717, 1.165) is 5.56 Å². The predicted molar refractivity (Wildman–Crippen MR) is 65.0 cm³/mol. The summed E-state index contributed by atoms with van der Waals surface area (Å²) in [5.74, 6) is 0. The molecular weight excluding hydrogens is 224 g/mol. The first-order chi connectivity index (χ1) is 7.36. The van der Waals surface area contributed by atoms with Gasteiger partial charge in [0.25, 0.3) is 0 Å². The highest BCUT2D eigenvalue weighted by molar-refractivity contribution is 7.90. The van der Waals surface area contributed by atoms with Crippen molar-refractivity contribution < 1.29 is 8.42 Å². The number of sulfone groups is 1. The van der Waals surface area contributed by atoms with Gasteiger partial charge in [0.15, 0.2) is 9.84 Å². The van der Waals surface area contributed by atoms with Crippen LogP contribution in [0.5, 0.6) is 0 Å². The maximum absolute atomic E-state index is 11.3. The summed E-state index contributed by atoms with van der Waals surface area (Å²) in [6, 6.07) is 6.94. The van der Waals surface area contributed by atoms with Gasteiger partial charge in [-0.15, -0.1) is 0 Å².